The fourth-order valence-corrected chi connectivity index (χ4v) is 5.90. The van der Waals surface area contributed by atoms with Crippen LogP contribution in [0.1, 0.15) is 149 Å². The summed E-state index contributed by atoms with van der Waals surface area (Å²) in [5, 5.41) is 9.89. The lowest BCUT2D eigenvalue weighted by molar-refractivity contribution is -0.870. The van der Waals surface area contributed by atoms with Crippen LogP contribution in [0.3, 0.4) is 0 Å². The Kier molecular flexibility index (Phi) is 33.1. The molecule has 1 unspecified atom stereocenters. The number of likely N-dealkylation sites (N-methyl/N-ethyl adjacent to an activating group) is 1. The van der Waals surface area contributed by atoms with Gasteiger partial charge in [0.15, 0.2) is 6.10 Å². The number of phosphoric acid groups is 1. The molecule has 0 aromatic carbocycles. The monoisotopic (exact) mass is 770 g/mol. The number of esters is 2. The van der Waals surface area contributed by atoms with Crippen molar-refractivity contribution in [2.24, 2.45) is 0 Å². The largest absolute Gasteiger partial charge is 0.756 e. The van der Waals surface area contributed by atoms with Gasteiger partial charge in [0.05, 0.1) is 33.9 Å². The number of allylic oxidation sites excluding steroid dienone is 7. The van der Waals surface area contributed by atoms with Gasteiger partial charge in [0.2, 0.25) is 0 Å². The Balaban J connectivity index is 4.56. The van der Waals surface area contributed by atoms with Crippen LogP contribution in [-0.2, 0) is 32.7 Å². The smallest absolute Gasteiger partial charge is 0.306 e. The van der Waals surface area contributed by atoms with Crippen molar-refractivity contribution in [1.29, 1.82) is 0 Å². The number of rotatable bonds is 36. The van der Waals surface area contributed by atoms with E-state index in [9.17, 15) is 24.2 Å². The van der Waals surface area contributed by atoms with Gasteiger partial charge in [-0.05, 0) is 38.5 Å². The van der Waals surface area contributed by atoms with Crippen molar-refractivity contribution in [3.8, 4) is 0 Å². The molecule has 0 aliphatic heterocycles. The van der Waals surface area contributed by atoms with E-state index in [-0.39, 0.29) is 32.2 Å². The molecule has 0 fully saturated rings. The summed E-state index contributed by atoms with van der Waals surface area (Å²) < 4.78 is 33.7. The van der Waals surface area contributed by atoms with Crippen LogP contribution in [0.4, 0.5) is 0 Å². The Labute approximate surface area is 323 Å². The van der Waals surface area contributed by atoms with E-state index in [0.717, 1.165) is 57.8 Å². The average Bonchev–Trinajstić information content (AvgIpc) is 3.09. The van der Waals surface area contributed by atoms with Gasteiger partial charge in [0.1, 0.15) is 19.8 Å². The number of nitrogens with zero attached hydrogens (tertiary/aromatic N) is 1. The number of unbranched alkanes of at least 4 members (excludes halogenated alkanes) is 13. The number of hydrogen-bond donors (Lipinski definition) is 1. The molecule has 0 bridgehead atoms. The van der Waals surface area contributed by atoms with E-state index in [4.69, 9.17) is 18.5 Å². The first-order valence-corrected chi connectivity index (χ1v) is 21.9. The molecule has 0 aliphatic carbocycles. The van der Waals surface area contributed by atoms with Gasteiger partial charge < -0.3 is 33.0 Å². The Morgan fingerprint density at radius 1 is 0.698 bits per heavy atom. The second-order valence-corrected chi connectivity index (χ2v) is 16.3. The molecule has 0 spiro atoms. The summed E-state index contributed by atoms with van der Waals surface area (Å²) in [4.78, 5) is 37.4. The van der Waals surface area contributed by atoms with Gasteiger partial charge in [0.25, 0.3) is 7.82 Å². The number of aliphatic hydroxyl groups excluding tert-OH is 1. The standard InChI is InChI=1S/C42H76NO9P/c1-6-8-10-11-12-13-15-19-22-25-29-33-41(45)49-37-40(38-51-53(47,48)50-36-35-43(3,4)5)52-42(46)34-30-26-23-20-17-14-16-18-21-24-28-32-39(44)31-27-9-7-2/h14,16,20-21,23-24,28,32,39-40,44H,6-13,15,17-19,22,25-27,29-31,33-38H2,1-5H3/b16-14-,23-20-,24-21-,32-28+/t39-,40+/m0/s1. The van der Waals surface area contributed by atoms with Crippen LogP contribution in [0, 0.1) is 0 Å². The minimum Gasteiger partial charge on any atom is -0.756 e. The van der Waals surface area contributed by atoms with E-state index in [1.54, 1.807) is 0 Å². The van der Waals surface area contributed by atoms with Gasteiger partial charge >= 0.3 is 11.9 Å². The van der Waals surface area contributed by atoms with E-state index in [0.29, 0.717) is 23.9 Å². The second kappa shape index (κ2) is 34.4. The van der Waals surface area contributed by atoms with Crippen molar-refractivity contribution >= 4 is 19.8 Å². The summed E-state index contributed by atoms with van der Waals surface area (Å²) in [7, 11) is 1.10. The molecular weight excluding hydrogens is 693 g/mol. The molecule has 0 aliphatic rings. The number of aliphatic hydroxyl groups is 1. The number of carbonyl (C=O) groups is 2. The van der Waals surface area contributed by atoms with Crippen molar-refractivity contribution in [2.45, 2.75) is 161 Å². The van der Waals surface area contributed by atoms with Crippen molar-refractivity contribution in [3.63, 3.8) is 0 Å². The summed E-state index contributed by atoms with van der Waals surface area (Å²) in [6.07, 6.45) is 34.7. The molecule has 0 saturated carbocycles. The fourth-order valence-electron chi connectivity index (χ4n) is 5.17. The Bertz CT molecular complexity index is 1070. The van der Waals surface area contributed by atoms with E-state index < -0.39 is 32.5 Å². The summed E-state index contributed by atoms with van der Waals surface area (Å²) in [5.74, 6) is -0.930. The van der Waals surface area contributed by atoms with E-state index in [2.05, 4.69) is 26.0 Å². The van der Waals surface area contributed by atoms with Crippen LogP contribution in [0.2, 0.25) is 0 Å². The number of phosphoric ester groups is 1. The number of hydrogen-bond acceptors (Lipinski definition) is 9. The molecular formula is C42H76NO9P. The van der Waals surface area contributed by atoms with Crippen LogP contribution >= 0.6 is 7.82 Å². The van der Waals surface area contributed by atoms with Gasteiger partial charge in [-0.3, -0.25) is 14.2 Å². The van der Waals surface area contributed by atoms with Crippen molar-refractivity contribution < 1.29 is 47.2 Å². The fraction of sp³-hybridized carbons (Fsp3) is 0.762. The second-order valence-electron chi connectivity index (χ2n) is 14.9. The molecule has 0 heterocycles. The summed E-state index contributed by atoms with van der Waals surface area (Å²) in [6.45, 7) is 3.99. The highest BCUT2D eigenvalue weighted by Crippen LogP contribution is 2.38. The molecule has 308 valence electrons. The van der Waals surface area contributed by atoms with Crippen LogP contribution in [0.25, 0.3) is 0 Å². The first-order chi connectivity index (χ1) is 25.4. The highest BCUT2D eigenvalue weighted by molar-refractivity contribution is 7.45. The third-order valence-corrected chi connectivity index (χ3v) is 9.42. The lowest BCUT2D eigenvalue weighted by Gasteiger charge is -2.28. The molecule has 0 aromatic heterocycles. The van der Waals surface area contributed by atoms with Gasteiger partial charge in [-0.25, -0.2) is 0 Å². The zero-order chi connectivity index (χ0) is 39.5. The maximum Gasteiger partial charge on any atom is 0.306 e. The first kappa shape index (κ1) is 50.9. The lowest BCUT2D eigenvalue weighted by Crippen LogP contribution is -2.37. The summed E-state index contributed by atoms with van der Waals surface area (Å²) >= 11 is 0. The predicted molar refractivity (Wildman–Crippen MR) is 214 cm³/mol. The van der Waals surface area contributed by atoms with Gasteiger partial charge in [-0.1, -0.05) is 146 Å². The summed E-state index contributed by atoms with van der Waals surface area (Å²) in [5.41, 5.74) is 0. The molecule has 0 amide bonds. The SMILES string of the molecule is CCCCCCCCCCCCCC(=O)OC[C@H](COP(=O)([O-])OCC[N+](C)(C)C)OC(=O)CCC/C=C\C/C=C\C/C=C\C=C\[C@@H](O)CCCCC. The molecule has 53 heavy (non-hydrogen) atoms. The van der Waals surface area contributed by atoms with Crippen molar-refractivity contribution in [3.05, 3.63) is 48.6 Å². The molecule has 0 rings (SSSR count). The maximum absolute atomic E-state index is 12.6. The quantitative estimate of drug-likeness (QED) is 0.0165. The van der Waals surface area contributed by atoms with Gasteiger partial charge in [-0.15, -0.1) is 0 Å². The van der Waals surface area contributed by atoms with Crippen LogP contribution in [-0.4, -0.2) is 81.2 Å². The maximum atomic E-state index is 12.6. The van der Waals surface area contributed by atoms with E-state index in [1.807, 2.05) is 57.6 Å². The van der Waals surface area contributed by atoms with Gasteiger partial charge in [0, 0.05) is 12.8 Å². The number of carbonyl (C=O) groups excluding carboxylic acids is 2. The number of ether oxygens (including phenoxy) is 2. The molecule has 11 heteroatoms. The average molecular weight is 770 g/mol. The molecule has 1 N–H and O–H groups in total. The zero-order valence-corrected chi connectivity index (χ0v) is 35.0. The van der Waals surface area contributed by atoms with Crippen LogP contribution in [0.5, 0.6) is 0 Å². The minimum atomic E-state index is -4.64. The third-order valence-electron chi connectivity index (χ3n) is 8.46. The van der Waals surface area contributed by atoms with Crippen LogP contribution < -0.4 is 4.89 Å². The Hall–Kier alpha value is -2.07. The summed E-state index contributed by atoms with van der Waals surface area (Å²) in [6, 6.07) is 0. The molecule has 3 atom stereocenters. The van der Waals surface area contributed by atoms with E-state index in [1.165, 1.54) is 51.4 Å². The Morgan fingerprint density at radius 3 is 1.91 bits per heavy atom. The van der Waals surface area contributed by atoms with Crippen molar-refractivity contribution in [2.75, 3.05) is 47.5 Å². The number of quaternary nitrogens is 1. The van der Waals surface area contributed by atoms with Gasteiger partial charge in [-0.2, -0.15) is 0 Å². The van der Waals surface area contributed by atoms with Crippen molar-refractivity contribution in [1.82, 2.24) is 0 Å². The molecule has 0 saturated heterocycles. The van der Waals surface area contributed by atoms with Crippen LogP contribution in [0.15, 0.2) is 48.6 Å². The minimum absolute atomic E-state index is 0.0499. The predicted octanol–water partition coefficient (Wildman–Crippen LogP) is 9.47. The third kappa shape index (κ3) is 38.0. The normalized spacial score (nSPS) is 14.8. The highest BCUT2D eigenvalue weighted by Gasteiger charge is 2.21. The molecule has 0 aromatic rings. The lowest BCUT2D eigenvalue weighted by atomic mass is 10.1. The first-order valence-electron chi connectivity index (χ1n) is 20.5. The molecule has 0 radical (unpaired) electrons. The Morgan fingerprint density at radius 2 is 1.26 bits per heavy atom. The zero-order valence-electron chi connectivity index (χ0n) is 34.1. The topological polar surface area (TPSA) is 131 Å². The highest BCUT2D eigenvalue weighted by atomic mass is 31.2. The van der Waals surface area contributed by atoms with E-state index >= 15 is 0 Å². The molecule has 10 nitrogen and oxygen atoms in total.